The van der Waals surface area contributed by atoms with Crippen LogP contribution in [0.5, 0.6) is 0 Å². The molecule has 2 unspecified atom stereocenters. The first-order valence-electron chi connectivity index (χ1n) is 14.1. The zero-order valence-electron chi connectivity index (χ0n) is 22.9. The van der Waals surface area contributed by atoms with E-state index >= 15 is 0 Å². The molecule has 2 atom stereocenters. The molecule has 13 heteroatoms. The third-order valence-corrected chi connectivity index (χ3v) is 8.86. The highest BCUT2D eigenvalue weighted by Gasteiger charge is 2.44. The SMILES string of the molecule is O=C(O)CNC(=O)c1ccc(NC(=O)N2C3CCC2CC(OCc2c(-c4c(Cl)cccc4Cl)noc2C2CC2)C3)c(F)c1. The minimum atomic E-state index is -1.21. The number of aliphatic carboxylic acids is 1. The van der Waals surface area contributed by atoms with Gasteiger partial charge in [-0.25, -0.2) is 9.18 Å². The average molecular weight is 631 g/mol. The second kappa shape index (κ2) is 12.1. The molecule has 2 aliphatic heterocycles. The van der Waals surface area contributed by atoms with E-state index in [1.807, 2.05) is 0 Å². The van der Waals surface area contributed by atoms with Crippen molar-refractivity contribution >= 4 is 46.8 Å². The summed E-state index contributed by atoms with van der Waals surface area (Å²) in [5, 5.41) is 18.8. The summed E-state index contributed by atoms with van der Waals surface area (Å²) in [5.74, 6) is -1.63. The number of aromatic nitrogens is 1. The summed E-state index contributed by atoms with van der Waals surface area (Å²) >= 11 is 13.0. The molecule has 1 saturated carbocycles. The van der Waals surface area contributed by atoms with Crippen LogP contribution in [-0.4, -0.2) is 57.8 Å². The summed E-state index contributed by atoms with van der Waals surface area (Å²) in [7, 11) is 0. The highest BCUT2D eigenvalue weighted by molar-refractivity contribution is 6.39. The number of halogens is 3. The van der Waals surface area contributed by atoms with E-state index in [4.69, 9.17) is 37.6 Å². The number of nitrogens with one attached hydrogen (secondary N) is 2. The number of benzene rings is 2. The lowest BCUT2D eigenvalue weighted by atomic mass is 9.99. The van der Waals surface area contributed by atoms with E-state index in [1.165, 1.54) is 12.1 Å². The number of carbonyl (C=O) groups is 3. The molecule has 0 spiro atoms. The molecule has 6 rings (SSSR count). The fourth-order valence-corrected chi connectivity index (χ4v) is 6.62. The Kier molecular flexibility index (Phi) is 8.30. The lowest BCUT2D eigenvalue weighted by Crippen LogP contribution is -2.50. The van der Waals surface area contributed by atoms with Crippen LogP contribution < -0.4 is 10.6 Å². The van der Waals surface area contributed by atoms with E-state index in [9.17, 15) is 18.8 Å². The summed E-state index contributed by atoms with van der Waals surface area (Å²) in [5.41, 5.74) is 1.94. The average Bonchev–Trinajstić information content (AvgIpc) is 3.67. The number of carbonyl (C=O) groups excluding carboxylic acids is 2. The molecule has 1 aliphatic carbocycles. The van der Waals surface area contributed by atoms with Crippen LogP contribution in [0.25, 0.3) is 11.3 Å². The first kappa shape index (κ1) is 29.4. The van der Waals surface area contributed by atoms with Crippen molar-refractivity contribution in [1.82, 2.24) is 15.4 Å². The Balaban J connectivity index is 1.10. The second-order valence-electron chi connectivity index (χ2n) is 11.1. The molecular weight excluding hydrogens is 602 g/mol. The summed E-state index contributed by atoms with van der Waals surface area (Å²) in [4.78, 5) is 37.7. The molecule has 3 N–H and O–H groups in total. The van der Waals surface area contributed by atoms with E-state index < -0.39 is 30.3 Å². The number of nitrogens with zero attached hydrogens (tertiary/aromatic N) is 2. The number of urea groups is 1. The number of carboxylic acid groups (broad SMARTS) is 1. The number of piperidine rings is 1. The Morgan fingerprint density at radius 1 is 1.07 bits per heavy atom. The molecule has 226 valence electrons. The number of carboxylic acids is 1. The van der Waals surface area contributed by atoms with Gasteiger partial charge < -0.3 is 29.9 Å². The van der Waals surface area contributed by atoms with Crippen LogP contribution >= 0.6 is 23.2 Å². The molecule has 3 amide bonds. The minimum Gasteiger partial charge on any atom is -0.480 e. The lowest BCUT2D eigenvalue weighted by molar-refractivity contribution is -0.135. The predicted octanol–water partition coefficient (Wildman–Crippen LogP) is 6.22. The molecule has 3 aliphatic rings. The molecule has 2 bridgehead atoms. The quantitative estimate of drug-likeness (QED) is 0.255. The largest absolute Gasteiger partial charge is 0.480 e. The van der Waals surface area contributed by atoms with Crippen molar-refractivity contribution in [1.29, 1.82) is 0 Å². The van der Waals surface area contributed by atoms with Gasteiger partial charge in [-0.2, -0.15) is 0 Å². The van der Waals surface area contributed by atoms with Crippen LogP contribution in [0.1, 0.15) is 66.1 Å². The van der Waals surface area contributed by atoms with E-state index in [2.05, 4.69) is 15.8 Å². The first-order chi connectivity index (χ1) is 20.7. The lowest BCUT2D eigenvalue weighted by Gasteiger charge is -2.38. The van der Waals surface area contributed by atoms with Gasteiger partial charge in [0.05, 0.1) is 28.4 Å². The summed E-state index contributed by atoms with van der Waals surface area (Å²) in [6, 6.07) is 8.32. The summed E-state index contributed by atoms with van der Waals surface area (Å²) in [6.45, 7) is -0.307. The molecule has 3 aromatic rings. The van der Waals surface area contributed by atoms with Crippen molar-refractivity contribution in [3.8, 4) is 11.3 Å². The van der Waals surface area contributed by atoms with Crippen molar-refractivity contribution in [2.75, 3.05) is 11.9 Å². The number of ether oxygens (including phenoxy) is 1. The minimum absolute atomic E-state index is 0.0487. The van der Waals surface area contributed by atoms with Gasteiger partial charge in [-0.05, 0) is 68.9 Å². The molecule has 43 heavy (non-hydrogen) atoms. The van der Waals surface area contributed by atoms with Crippen molar-refractivity contribution in [2.24, 2.45) is 0 Å². The third kappa shape index (κ3) is 6.20. The van der Waals surface area contributed by atoms with Crippen LogP contribution in [0, 0.1) is 5.82 Å². The Morgan fingerprint density at radius 2 is 1.77 bits per heavy atom. The molecule has 2 saturated heterocycles. The molecular formula is C30H29Cl2FN4O6. The number of hydrogen-bond acceptors (Lipinski definition) is 6. The Bertz CT molecular complexity index is 1540. The second-order valence-corrected chi connectivity index (χ2v) is 12.0. The number of rotatable bonds is 9. The number of amides is 3. The fraction of sp³-hybridized carbons (Fsp3) is 0.400. The molecule has 10 nitrogen and oxygen atoms in total. The summed E-state index contributed by atoms with van der Waals surface area (Å²) < 4.78 is 26.9. The molecule has 1 aromatic heterocycles. The predicted molar refractivity (Wildman–Crippen MR) is 156 cm³/mol. The Hall–Kier alpha value is -3.67. The van der Waals surface area contributed by atoms with Crippen LogP contribution in [0.4, 0.5) is 14.9 Å². The highest BCUT2D eigenvalue weighted by Crippen LogP contribution is 2.46. The first-order valence-corrected chi connectivity index (χ1v) is 14.9. The van der Waals surface area contributed by atoms with Gasteiger partial charge >= 0.3 is 12.0 Å². The maximum absolute atomic E-state index is 14.8. The van der Waals surface area contributed by atoms with E-state index in [-0.39, 0.29) is 36.0 Å². The Labute approximate surface area is 256 Å². The molecule has 0 radical (unpaired) electrons. The van der Waals surface area contributed by atoms with Crippen LogP contribution in [-0.2, 0) is 16.1 Å². The summed E-state index contributed by atoms with van der Waals surface area (Å²) in [6.07, 6.45) is 4.82. The van der Waals surface area contributed by atoms with Crippen molar-refractivity contribution in [2.45, 2.75) is 69.2 Å². The normalized spacial score (nSPS) is 21.1. The van der Waals surface area contributed by atoms with Crippen molar-refractivity contribution in [3.63, 3.8) is 0 Å². The monoisotopic (exact) mass is 630 g/mol. The smallest absolute Gasteiger partial charge is 0.322 e. The number of hydrogen-bond donors (Lipinski definition) is 3. The van der Waals surface area contributed by atoms with Gasteiger partial charge in [0.15, 0.2) is 0 Å². The fourth-order valence-electron chi connectivity index (χ4n) is 6.04. The van der Waals surface area contributed by atoms with Gasteiger partial charge in [0.2, 0.25) is 0 Å². The van der Waals surface area contributed by atoms with Crippen LogP contribution in [0.15, 0.2) is 40.9 Å². The standard InChI is InChI=1S/C30H29Cl2FN4O6/c31-21-2-1-3-22(32)26(21)27-20(28(43-36-27)15-4-5-15)14-42-19-11-17-7-8-18(12-19)37(17)30(41)35-24-9-6-16(10-23(24)33)29(40)34-13-25(38)39/h1-3,6,9-10,15,17-19H,4-5,7-8,11-14H2,(H,34,40)(H,35,41)(H,38,39). The third-order valence-electron chi connectivity index (χ3n) is 8.23. The van der Waals surface area contributed by atoms with Gasteiger partial charge in [0.1, 0.15) is 23.8 Å². The van der Waals surface area contributed by atoms with E-state index in [0.29, 0.717) is 40.1 Å². The van der Waals surface area contributed by atoms with Gasteiger partial charge in [-0.15, -0.1) is 0 Å². The number of fused-ring (bicyclic) bond motifs is 2. The van der Waals surface area contributed by atoms with Gasteiger partial charge in [-0.3, -0.25) is 9.59 Å². The van der Waals surface area contributed by atoms with Gasteiger partial charge in [-0.1, -0.05) is 34.4 Å². The van der Waals surface area contributed by atoms with Crippen molar-refractivity contribution in [3.05, 3.63) is 69.1 Å². The van der Waals surface area contributed by atoms with E-state index in [0.717, 1.165) is 43.1 Å². The maximum atomic E-state index is 14.8. The van der Waals surface area contributed by atoms with Crippen LogP contribution in [0.3, 0.4) is 0 Å². The molecule has 3 fully saturated rings. The Morgan fingerprint density at radius 3 is 2.40 bits per heavy atom. The topological polar surface area (TPSA) is 134 Å². The highest BCUT2D eigenvalue weighted by atomic mass is 35.5. The maximum Gasteiger partial charge on any atom is 0.322 e. The zero-order chi connectivity index (χ0) is 30.2. The van der Waals surface area contributed by atoms with Gasteiger partial charge in [0.25, 0.3) is 5.91 Å². The van der Waals surface area contributed by atoms with Gasteiger partial charge in [0, 0.05) is 34.7 Å². The van der Waals surface area contributed by atoms with Crippen molar-refractivity contribution < 1.29 is 33.1 Å². The number of anilines is 1. The molecule has 3 heterocycles. The van der Waals surface area contributed by atoms with Crippen LogP contribution in [0.2, 0.25) is 10.0 Å². The van der Waals surface area contributed by atoms with E-state index in [1.54, 1.807) is 23.1 Å². The molecule has 2 aromatic carbocycles. The zero-order valence-corrected chi connectivity index (χ0v) is 24.5.